The van der Waals surface area contributed by atoms with Gasteiger partial charge in [-0.15, -0.1) is 0 Å². The average Bonchev–Trinajstić information content (AvgIpc) is 3.06. The van der Waals surface area contributed by atoms with E-state index >= 15 is 0 Å². The molecule has 0 radical (unpaired) electrons. The average molecular weight is 320 g/mol. The third-order valence-electron chi connectivity index (χ3n) is 2.81. The topological polar surface area (TPSA) is 73.1 Å². The molecule has 2 rings (SSSR count). The minimum Gasteiger partial charge on any atom is -0.467 e. The number of nitrogens with one attached hydrogen (secondary N) is 1. The molecule has 1 heterocycles. The van der Waals surface area contributed by atoms with Crippen LogP contribution in [0, 0.1) is 5.82 Å². The van der Waals surface area contributed by atoms with Gasteiger partial charge in [-0.1, -0.05) is 0 Å². The Labute approximate surface area is 132 Å². The van der Waals surface area contributed by atoms with Gasteiger partial charge in [0, 0.05) is 12.7 Å². The molecule has 6 nitrogen and oxygen atoms in total. The predicted molar refractivity (Wildman–Crippen MR) is 81.5 cm³/mol. The van der Waals surface area contributed by atoms with Crippen LogP contribution < -0.4 is 5.32 Å². The fourth-order valence-electron chi connectivity index (χ4n) is 1.67. The van der Waals surface area contributed by atoms with E-state index in [1.165, 1.54) is 30.5 Å². The number of furan rings is 1. The number of benzene rings is 1. The molecule has 0 unspecified atom stereocenters. The number of hydrogen-bond donors (Lipinski definition) is 1. The zero-order valence-electron chi connectivity index (χ0n) is 12.6. The first-order valence-corrected chi connectivity index (χ1v) is 6.94. The number of carbonyl (C=O) groups excluding carboxylic acids is 1. The van der Waals surface area contributed by atoms with Crippen molar-refractivity contribution in [1.29, 1.82) is 0 Å². The first-order valence-electron chi connectivity index (χ1n) is 6.94. The van der Waals surface area contributed by atoms with Crippen LogP contribution in [0.4, 0.5) is 4.39 Å². The molecule has 0 aliphatic rings. The highest BCUT2D eigenvalue weighted by molar-refractivity contribution is 6.04. The van der Waals surface area contributed by atoms with E-state index in [2.05, 4.69) is 10.3 Å². The summed E-state index contributed by atoms with van der Waals surface area (Å²) in [7, 11) is 1.54. The molecule has 1 amide bonds. The summed E-state index contributed by atoms with van der Waals surface area (Å²) in [4.78, 5) is 16.3. The summed E-state index contributed by atoms with van der Waals surface area (Å²) < 4.78 is 28.3. The number of amidine groups is 1. The number of ether oxygens (including phenoxy) is 2. The Morgan fingerprint density at radius 1 is 1.26 bits per heavy atom. The summed E-state index contributed by atoms with van der Waals surface area (Å²) in [6, 6.07) is 8.73. The van der Waals surface area contributed by atoms with Crippen LogP contribution >= 0.6 is 0 Å². The third kappa shape index (κ3) is 5.55. The molecule has 0 saturated heterocycles. The Bertz CT molecular complexity index is 639. The number of carbonyl (C=O) groups is 1. The van der Waals surface area contributed by atoms with Crippen molar-refractivity contribution in [2.45, 2.75) is 6.54 Å². The lowest BCUT2D eigenvalue weighted by atomic mass is 10.2. The van der Waals surface area contributed by atoms with Crippen LogP contribution in [0.1, 0.15) is 16.1 Å². The largest absolute Gasteiger partial charge is 0.467 e. The van der Waals surface area contributed by atoms with Gasteiger partial charge in [-0.25, -0.2) is 9.38 Å². The number of methoxy groups -OCH3 is 1. The van der Waals surface area contributed by atoms with Crippen LogP contribution in [0.25, 0.3) is 0 Å². The number of amides is 1. The molecule has 1 aromatic heterocycles. The Hall–Kier alpha value is -2.67. The maximum absolute atomic E-state index is 12.9. The molecule has 1 aromatic carbocycles. The highest BCUT2D eigenvalue weighted by Gasteiger charge is 2.10. The third-order valence-corrected chi connectivity index (χ3v) is 2.81. The molecule has 1 N–H and O–H groups in total. The van der Waals surface area contributed by atoms with Gasteiger partial charge < -0.3 is 13.9 Å². The van der Waals surface area contributed by atoms with Crippen molar-refractivity contribution in [3.05, 3.63) is 59.8 Å². The number of halogens is 1. The van der Waals surface area contributed by atoms with Gasteiger partial charge in [0.1, 0.15) is 24.7 Å². The van der Waals surface area contributed by atoms with E-state index in [1.807, 2.05) is 0 Å². The van der Waals surface area contributed by atoms with Crippen molar-refractivity contribution in [2.24, 2.45) is 4.99 Å². The molecule has 2 aromatic rings. The van der Waals surface area contributed by atoms with Crippen LogP contribution in [0.15, 0.2) is 52.1 Å². The first kappa shape index (κ1) is 16.7. The van der Waals surface area contributed by atoms with Gasteiger partial charge in [0.25, 0.3) is 11.9 Å². The highest BCUT2D eigenvalue weighted by atomic mass is 19.1. The number of rotatable bonds is 6. The number of hydrogen-bond acceptors (Lipinski definition) is 5. The molecule has 0 bridgehead atoms. The lowest BCUT2D eigenvalue weighted by molar-refractivity contribution is 0.0953. The quantitative estimate of drug-likeness (QED) is 0.504. The number of nitrogens with zero attached hydrogens (tertiary/aromatic N) is 1. The zero-order valence-corrected chi connectivity index (χ0v) is 12.6. The Kier molecular flexibility index (Phi) is 6.31. The van der Waals surface area contributed by atoms with Gasteiger partial charge in [-0.05, 0) is 36.4 Å². The van der Waals surface area contributed by atoms with Crippen molar-refractivity contribution >= 4 is 11.9 Å². The molecule has 0 aliphatic carbocycles. The predicted octanol–water partition coefficient (Wildman–Crippen LogP) is 2.37. The molecule has 0 spiro atoms. The lowest BCUT2D eigenvalue weighted by Crippen LogP contribution is -2.33. The van der Waals surface area contributed by atoms with Crippen molar-refractivity contribution in [1.82, 2.24) is 5.32 Å². The fourth-order valence-corrected chi connectivity index (χ4v) is 1.67. The van der Waals surface area contributed by atoms with Crippen molar-refractivity contribution in [3.8, 4) is 0 Å². The van der Waals surface area contributed by atoms with Gasteiger partial charge in [0.05, 0.1) is 12.9 Å². The second kappa shape index (κ2) is 8.70. The normalized spacial score (nSPS) is 11.3. The van der Waals surface area contributed by atoms with Gasteiger partial charge in [-0.2, -0.15) is 0 Å². The van der Waals surface area contributed by atoms with Crippen molar-refractivity contribution < 1.29 is 23.1 Å². The summed E-state index contributed by atoms with van der Waals surface area (Å²) in [5.41, 5.74) is 0.299. The molecule has 122 valence electrons. The van der Waals surface area contributed by atoms with Crippen LogP contribution in [0.5, 0.6) is 0 Å². The second-order valence-corrected chi connectivity index (χ2v) is 4.50. The molecule has 0 saturated carbocycles. The first-order chi connectivity index (χ1) is 11.2. The highest BCUT2D eigenvalue weighted by Crippen LogP contribution is 2.04. The molecule has 0 aliphatic heterocycles. The molecule has 23 heavy (non-hydrogen) atoms. The van der Waals surface area contributed by atoms with Gasteiger partial charge in [0.2, 0.25) is 0 Å². The fraction of sp³-hybridized carbons (Fsp3) is 0.250. The van der Waals surface area contributed by atoms with E-state index in [9.17, 15) is 9.18 Å². The summed E-state index contributed by atoms with van der Waals surface area (Å²) in [5, 5.41) is 2.54. The van der Waals surface area contributed by atoms with E-state index < -0.39 is 11.7 Å². The molecular weight excluding hydrogens is 303 g/mol. The molecule has 0 fully saturated rings. The van der Waals surface area contributed by atoms with Crippen LogP contribution in [-0.2, 0) is 16.0 Å². The van der Waals surface area contributed by atoms with Crippen LogP contribution in [0.2, 0.25) is 0 Å². The maximum Gasteiger partial charge on any atom is 0.292 e. The van der Waals surface area contributed by atoms with Crippen LogP contribution in [-0.4, -0.2) is 32.3 Å². The van der Waals surface area contributed by atoms with Gasteiger partial charge in [-0.3, -0.25) is 10.1 Å². The summed E-state index contributed by atoms with van der Waals surface area (Å²) >= 11 is 0. The second-order valence-electron chi connectivity index (χ2n) is 4.50. The SMILES string of the molecule is COCCOC(=NCc1ccco1)NC(=O)c1ccc(F)cc1. The van der Waals surface area contributed by atoms with Gasteiger partial charge in [0.15, 0.2) is 0 Å². The van der Waals surface area contributed by atoms with E-state index in [0.717, 1.165) is 0 Å². The lowest BCUT2D eigenvalue weighted by Gasteiger charge is -2.10. The Morgan fingerprint density at radius 2 is 2.04 bits per heavy atom. The summed E-state index contributed by atoms with van der Waals surface area (Å²) in [5.74, 6) is -0.223. The maximum atomic E-state index is 12.9. The van der Waals surface area contributed by atoms with E-state index in [0.29, 0.717) is 17.9 Å². The monoisotopic (exact) mass is 320 g/mol. The minimum absolute atomic E-state index is 0.0489. The van der Waals surface area contributed by atoms with Gasteiger partial charge >= 0.3 is 0 Å². The van der Waals surface area contributed by atoms with Crippen molar-refractivity contribution in [3.63, 3.8) is 0 Å². The van der Waals surface area contributed by atoms with Crippen LogP contribution in [0.3, 0.4) is 0 Å². The van der Waals surface area contributed by atoms with E-state index in [1.54, 1.807) is 19.2 Å². The summed E-state index contributed by atoms with van der Waals surface area (Å²) in [6.45, 7) is 0.808. The molecule has 0 atom stereocenters. The molecule has 7 heteroatoms. The van der Waals surface area contributed by atoms with Crippen molar-refractivity contribution in [2.75, 3.05) is 20.3 Å². The Balaban J connectivity index is 2.01. The van der Waals surface area contributed by atoms with E-state index in [4.69, 9.17) is 13.9 Å². The smallest absolute Gasteiger partial charge is 0.292 e. The minimum atomic E-state index is -0.444. The summed E-state index contributed by atoms with van der Waals surface area (Å²) in [6.07, 6.45) is 1.54. The number of aliphatic imine (C=N–C) groups is 1. The zero-order chi connectivity index (χ0) is 16.5. The Morgan fingerprint density at radius 3 is 2.70 bits per heavy atom. The van der Waals surface area contributed by atoms with E-state index in [-0.39, 0.29) is 19.2 Å². The standard InChI is InChI=1S/C16H17FN2O4/c1-21-9-10-23-16(18-11-14-3-2-8-22-14)19-15(20)12-4-6-13(17)7-5-12/h2-8H,9-11H2,1H3,(H,18,19,20). The molecular formula is C16H17FN2O4.